The molecule has 6 aromatic carbocycles. The van der Waals surface area contributed by atoms with E-state index in [4.69, 9.17) is 0 Å². The van der Waals surface area contributed by atoms with Gasteiger partial charge >= 0.3 is 71.8 Å². The van der Waals surface area contributed by atoms with E-state index in [1.165, 1.54) is 118 Å². The summed E-state index contributed by atoms with van der Waals surface area (Å²) >= 11 is 3.66. The zero-order valence-corrected chi connectivity index (χ0v) is 64.7. The van der Waals surface area contributed by atoms with Crippen LogP contribution in [-0.4, -0.2) is 21.7 Å². The van der Waals surface area contributed by atoms with E-state index in [0.29, 0.717) is 34.5 Å². The molecule has 8 aromatic rings. The molecule has 2 aliphatic heterocycles. The van der Waals surface area contributed by atoms with Crippen LogP contribution in [0.3, 0.4) is 0 Å². The normalized spacial score (nSPS) is 22.5. The fourth-order valence-corrected chi connectivity index (χ4v) is 16.6. The molecule has 1 N–H and O–H groups in total. The van der Waals surface area contributed by atoms with Crippen LogP contribution in [0.4, 0.5) is 11.4 Å². The fourth-order valence-electron chi connectivity index (χ4n) is 16.6. The minimum Gasteiger partial charge on any atom is -0.657 e. The summed E-state index contributed by atoms with van der Waals surface area (Å²) in [5.74, 6) is 6.97. The molecule has 9 heteroatoms. The third-order valence-corrected chi connectivity index (χ3v) is 20.0. The number of nitrogens with one attached hydrogen (secondary N) is 1. The number of para-hydroxylation sites is 6. The summed E-state index contributed by atoms with van der Waals surface area (Å²) in [6.45, 7) is 53.8. The van der Waals surface area contributed by atoms with Crippen LogP contribution in [0.25, 0.3) is 43.6 Å². The van der Waals surface area contributed by atoms with Gasteiger partial charge < -0.3 is 24.9 Å². The second-order valence-corrected chi connectivity index (χ2v) is 31.6. The molecule has 4 aliphatic rings. The summed E-state index contributed by atoms with van der Waals surface area (Å²) in [4.78, 5) is 13.3. The number of hydrogen-bond donors (Lipinski definition) is 1. The van der Waals surface area contributed by atoms with Gasteiger partial charge in [0, 0.05) is 44.3 Å². The molecule has 0 bridgehead atoms. The van der Waals surface area contributed by atoms with E-state index in [1.807, 2.05) is 12.1 Å². The number of H-pyrrole nitrogens is 1. The van der Waals surface area contributed by atoms with Crippen LogP contribution in [0.15, 0.2) is 133 Å². The predicted molar refractivity (Wildman–Crippen MR) is 384 cm³/mol. The largest absolute Gasteiger partial charge is 2.00 e. The van der Waals surface area contributed by atoms with Gasteiger partial charge in [-0.1, -0.05) is 302 Å². The van der Waals surface area contributed by atoms with Crippen molar-refractivity contribution in [2.75, 3.05) is 9.80 Å². The monoisotopic (exact) mass is 1350 g/mol. The second kappa shape index (κ2) is 33.2. The van der Waals surface area contributed by atoms with Crippen molar-refractivity contribution >= 4 is 65.1 Å². The number of benzene rings is 6. The molecule has 12 rings (SSSR count). The Hall–Kier alpha value is -3.19. The Labute approximate surface area is 598 Å². The van der Waals surface area contributed by atoms with Crippen molar-refractivity contribution in [1.82, 2.24) is 9.97 Å². The van der Waals surface area contributed by atoms with Crippen molar-refractivity contribution in [3.8, 4) is 0 Å². The van der Waals surface area contributed by atoms with Gasteiger partial charge in [-0.15, -0.1) is 27.5 Å². The van der Waals surface area contributed by atoms with Crippen molar-refractivity contribution in [1.29, 1.82) is 0 Å². The van der Waals surface area contributed by atoms with Crippen LogP contribution in [-0.2, 0) is 32.2 Å². The summed E-state index contributed by atoms with van der Waals surface area (Å²) < 4.78 is 0. The molecule has 2 saturated carbocycles. The number of nitrogens with zero attached hydrogens (tertiary/aromatic N) is 3. The smallest absolute Gasteiger partial charge is 0.657 e. The van der Waals surface area contributed by atoms with Gasteiger partial charge in [-0.3, -0.25) is 0 Å². The Morgan fingerprint density at radius 1 is 0.484 bits per heavy atom. The summed E-state index contributed by atoms with van der Waals surface area (Å²) in [6, 6.07) is 47.2. The number of aromatic nitrogens is 2. The van der Waals surface area contributed by atoms with Crippen LogP contribution in [0.1, 0.15) is 243 Å². The van der Waals surface area contributed by atoms with E-state index in [-0.39, 0.29) is 57.7 Å². The zero-order valence-electron chi connectivity index (χ0n) is 60.0. The maximum atomic E-state index is 10.1. The summed E-state index contributed by atoms with van der Waals surface area (Å²) in [6.07, 6.45) is 10.9. The summed E-state index contributed by atoms with van der Waals surface area (Å²) in [5.41, 5.74) is 14.0. The average Bonchev–Trinajstić information content (AvgIpc) is 1.60. The Morgan fingerprint density at radius 2 is 0.769 bits per heavy atom. The molecule has 0 amide bonds. The molecule has 6 atom stereocenters. The fraction of sp³-hybridized carbons (Fsp3) is 0.537. The number of aromatic amines is 1. The van der Waals surface area contributed by atoms with E-state index in [2.05, 4.69) is 304 Å². The first-order valence-corrected chi connectivity index (χ1v) is 35.4. The van der Waals surface area contributed by atoms with Crippen LogP contribution in [0.5, 0.6) is 0 Å². The molecule has 2 aliphatic carbocycles. The molecule has 5 nitrogen and oxygen atoms in total. The van der Waals surface area contributed by atoms with Crippen molar-refractivity contribution in [3.05, 3.63) is 169 Å². The van der Waals surface area contributed by atoms with Gasteiger partial charge in [-0.25, -0.2) is 13.1 Å². The van der Waals surface area contributed by atoms with E-state index >= 15 is 0 Å². The molecular weight excluding hydrogens is 1240 g/mol. The van der Waals surface area contributed by atoms with Gasteiger partial charge in [0.15, 0.2) is 0 Å². The standard InChI is InChI=1S/2C27H44N.C12H9N.C12H8N.C4H9O.ClH.2Cu.Na/c2*1-18(2)22-11-10-12-23(19(3)4)25(22)28-17-27(16-26(28,8)9)15-21(7)13-14-24(27)20(5)6;2*1-3-7-11-9(5-1)10-6-2-4-8-12(10)13-11;1-4(2,3)5;;;;/h2*10-12,17-21,24H,13-16H2,1-9H3;1-8,13H;1-8H;1-3H3;1H;;;/q2*-1;;2*-1;;2*+2;+1/p-1/t2*21?,24-,27-;;;;;;;/m00......./s1. The third kappa shape index (κ3) is 18.7. The van der Waals surface area contributed by atoms with Crippen molar-refractivity contribution < 1.29 is 66.8 Å². The molecule has 498 valence electrons. The minimum atomic E-state index is -0.750. The van der Waals surface area contributed by atoms with E-state index in [9.17, 15) is 5.11 Å². The first-order valence-electron chi connectivity index (χ1n) is 34.1. The topological polar surface area (TPSA) is 59.4 Å². The Bertz CT molecular complexity index is 3150. The number of halogens is 1. The van der Waals surface area contributed by atoms with Gasteiger partial charge in [0.1, 0.15) is 0 Å². The molecule has 2 saturated heterocycles. The molecular formula is C82H114ClCu2N4NaO. The molecule has 2 unspecified atom stereocenters. The SMILES string of the molecule is CC(C)(C)[O-].CC1CC[C@@H](C(C)C)[C@@]2([CH-]N(c3c(C(C)C)cccc3C(C)C)C(C)(C)C2)C1.CC1CC[C@@H](C(C)C)[C@@]2([CH-]N(c3c(C(C)C)cccc3C(C)C)C(C)(C)C2)C1.[Cl][Cu+].[Cu+2].[Na+].c1ccc2c(c1)[n-]c1ccccc12.c1ccc2c(c1)[nH]c1ccccc12. The summed E-state index contributed by atoms with van der Waals surface area (Å²) in [7, 11) is 4.20. The average molecular weight is 1360 g/mol. The second-order valence-electron chi connectivity index (χ2n) is 31.6. The first-order chi connectivity index (χ1) is 41.9. The van der Waals surface area contributed by atoms with Crippen molar-refractivity contribution in [2.24, 2.45) is 46.3 Å². The number of fused-ring (bicyclic) bond motifs is 6. The van der Waals surface area contributed by atoms with E-state index < -0.39 is 5.60 Å². The van der Waals surface area contributed by atoms with Gasteiger partial charge in [-0.2, -0.15) is 0 Å². The van der Waals surface area contributed by atoms with Gasteiger partial charge in [0.25, 0.3) is 0 Å². The third-order valence-electron chi connectivity index (χ3n) is 20.0. The number of hydrogen-bond acceptors (Lipinski definition) is 3. The van der Waals surface area contributed by atoms with E-state index in [1.54, 1.807) is 20.8 Å². The van der Waals surface area contributed by atoms with E-state index in [0.717, 1.165) is 46.5 Å². The molecule has 4 heterocycles. The Morgan fingerprint density at radius 3 is 1.07 bits per heavy atom. The maximum absolute atomic E-state index is 10.1. The quantitative estimate of drug-likeness (QED) is 0.122. The molecule has 2 spiro atoms. The number of anilines is 2. The minimum absolute atomic E-state index is 0. The van der Waals surface area contributed by atoms with Crippen molar-refractivity contribution in [2.45, 2.75) is 237 Å². The Balaban J connectivity index is 0.000000221. The molecule has 1 radical (unpaired) electrons. The van der Waals surface area contributed by atoms with Crippen LogP contribution in [0.2, 0.25) is 0 Å². The molecule has 91 heavy (non-hydrogen) atoms. The first kappa shape index (κ1) is 78.5. The van der Waals surface area contributed by atoms with Crippen LogP contribution in [0, 0.1) is 59.4 Å². The molecule has 2 aromatic heterocycles. The summed E-state index contributed by atoms with van der Waals surface area (Å²) in [5, 5.41) is 15.2. The van der Waals surface area contributed by atoms with Crippen molar-refractivity contribution in [3.63, 3.8) is 0 Å². The maximum Gasteiger partial charge on any atom is 2.00 e. The molecule has 4 fully saturated rings. The van der Waals surface area contributed by atoms with Crippen LogP contribution < -0.4 is 49.4 Å². The van der Waals surface area contributed by atoms with Crippen LogP contribution >= 0.6 is 10.1 Å². The van der Waals surface area contributed by atoms with Gasteiger partial charge in [0.2, 0.25) is 0 Å². The van der Waals surface area contributed by atoms with Gasteiger partial charge in [-0.05, 0) is 120 Å². The Kier molecular flexibility index (Phi) is 28.6. The van der Waals surface area contributed by atoms with Gasteiger partial charge in [0.05, 0.1) is 0 Å². The number of rotatable bonds is 8. The zero-order chi connectivity index (χ0) is 65.6. The predicted octanol–water partition coefficient (Wildman–Crippen LogP) is 20.4.